The number of hydrogen-bond donors (Lipinski definition) is 4. The standard InChI is InChI=1S/C20H16F12N2O3S/c1-7-3-11(33)9(15(35,17(21,22)23)18(24,25)26)5-13(7)38(37)14-6-10(12(34)4-8(14)2)16(36,19(27,28)29)20(30,31)32/h3-6,35-36H,33-34H2,1-2H3. The lowest BCUT2D eigenvalue weighted by Crippen LogP contribution is -2.54. The number of anilines is 2. The number of rotatable bonds is 4. The molecule has 6 N–H and O–H groups in total. The van der Waals surface area contributed by atoms with Crippen LogP contribution < -0.4 is 11.5 Å². The van der Waals surface area contributed by atoms with Crippen LogP contribution in [0.5, 0.6) is 0 Å². The van der Waals surface area contributed by atoms with Gasteiger partial charge in [0.2, 0.25) is 0 Å². The van der Waals surface area contributed by atoms with Crippen molar-refractivity contribution in [3.8, 4) is 0 Å². The Labute approximate surface area is 207 Å². The van der Waals surface area contributed by atoms with Crippen molar-refractivity contribution in [1.82, 2.24) is 0 Å². The molecular formula is C20H16F12N2O3S. The number of halogens is 12. The smallest absolute Gasteiger partial charge is 0.398 e. The number of nitrogens with two attached hydrogens (primary N) is 2. The fourth-order valence-corrected chi connectivity index (χ4v) is 4.89. The highest BCUT2D eigenvalue weighted by atomic mass is 32.2. The van der Waals surface area contributed by atoms with Gasteiger partial charge < -0.3 is 21.7 Å². The minimum absolute atomic E-state index is 0.0725. The van der Waals surface area contributed by atoms with Crippen molar-refractivity contribution >= 4 is 22.2 Å². The zero-order chi connectivity index (χ0) is 30.0. The van der Waals surface area contributed by atoms with E-state index in [1.165, 1.54) is 0 Å². The third-order valence-corrected chi connectivity index (χ3v) is 7.19. The molecule has 0 atom stereocenters. The predicted molar refractivity (Wildman–Crippen MR) is 108 cm³/mol. The van der Waals surface area contributed by atoms with Crippen molar-refractivity contribution in [2.75, 3.05) is 11.5 Å². The molecule has 0 radical (unpaired) electrons. The zero-order valence-corrected chi connectivity index (χ0v) is 19.5. The second kappa shape index (κ2) is 9.18. The first kappa shape index (κ1) is 31.5. The minimum Gasteiger partial charge on any atom is -0.398 e. The van der Waals surface area contributed by atoms with Crippen LogP contribution in [0.15, 0.2) is 34.1 Å². The van der Waals surface area contributed by atoms with E-state index < -0.39 is 90.1 Å². The van der Waals surface area contributed by atoms with E-state index in [0.717, 1.165) is 13.8 Å². The molecule has 0 spiro atoms. The Morgan fingerprint density at radius 1 is 0.579 bits per heavy atom. The molecule has 0 unspecified atom stereocenters. The van der Waals surface area contributed by atoms with Crippen LogP contribution in [0.25, 0.3) is 0 Å². The van der Waals surface area contributed by atoms with Crippen molar-refractivity contribution in [2.45, 2.75) is 59.5 Å². The molecule has 0 saturated carbocycles. The van der Waals surface area contributed by atoms with E-state index in [1.807, 2.05) is 0 Å². The van der Waals surface area contributed by atoms with Gasteiger partial charge in [-0.15, -0.1) is 0 Å². The maximum atomic E-state index is 13.4. The Kier molecular flexibility index (Phi) is 7.61. The fraction of sp³-hybridized carbons (Fsp3) is 0.400. The number of aliphatic hydroxyl groups is 2. The Bertz CT molecular complexity index is 1140. The number of hydrogen-bond acceptors (Lipinski definition) is 5. The largest absolute Gasteiger partial charge is 0.430 e. The summed E-state index contributed by atoms with van der Waals surface area (Å²) in [6, 6.07) is 0.745. The Balaban J connectivity index is 2.92. The molecule has 2 aromatic rings. The topological polar surface area (TPSA) is 110 Å². The normalized spacial score (nSPS) is 14.3. The molecule has 38 heavy (non-hydrogen) atoms. The molecule has 2 aromatic carbocycles. The van der Waals surface area contributed by atoms with Crippen molar-refractivity contribution < 1.29 is 67.1 Å². The highest BCUT2D eigenvalue weighted by molar-refractivity contribution is 7.85. The van der Waals surface area contributed by atoms with E-state index in [4.69, 9.17) is 11.5 Å². The summed E-state index contributed by atoms with van der Waals surface area (Å²) < 4.78 is 174. The molecule has 0 aliphatic rings. The lowest BCUT2D eigenvalue weighted by Gasteiger charge is -2.34. The summed E-state index contributed by atoms with van der Waals surface area (Å²) in [6.07, 6.45) is -25.7. The maximum absolute atomic E-state index is 13.4. The second-order valence-electron chi connectivity index (χ2n) is 8.09. The Hall–Kier alpha value is -2.73. The van der Waals surface area contributed by atoms with Crippen molar-refractivity contribution in [1.29, 1.82) is 0 Å². The van der Waals surface area contributed by atoms with Gasteiger partial charge in [-0.05, 0) is 49.2 Å². The number of aryl methyl sites for hydroxylation is 2. The summed E-state index contributed by atoms with van der Waals surface area (Å²) in [4.78, 5) is -1.97. The van der Waals surface area contributed by atoms with Gasteiger partial charge in [0.1, 0.15) is 0 Å². The van der Waals surface area contributed by atoms with Gasteiger partial charge in [0, 0.05) is 32.3 Å². The molecule has 18 heteroatoms. The molecule has 0 heterocycles. The van der Waals surface area contributed by atoms with Gasteiger partial charge >= 0.3 is 24.7 Å². The summed E-state index contributed by atoms with van der Waals surface area (Å²) >= 11 is 0. The van der Waals surface area contributed by atoms with Gasteiger partial charge in [0.15, 0.2) is 0 Å². The van der Waals surface area contributed by atoms with Gasteiger partial charge in [0.05, 0.1) is 10.8 Å². The van der Waals surface area contributed by atoms with Crippen LogP contribution in [-0.2, 0) is 22.0 Å². The molecule has 0 saturated heterocycles. The summed E-state index contributed by atoms with van der Waals surface area (Å²) in [5.41, 5.74) is -8.05. The molecule has 2 rings (SSSR count). The van der Waals surface area contributed by atoms with Gasteiger partial charge in [-0.3, -0.25) is 0 Å². The predicted octanol–water partition coefficient (Wildman–Crippen LogP) is 5.26. The molecule has 5 nitrogen and oxygen atoms in total. The molecule has 0 fully saturated rings. The molecule has 0 aliphatic heterocycles. The van der Waals surface area contributed by atoms with Crippen molar-refractivity contribution in [3.63, 3.8) is 0 Å². The highest BCUT2D eigenvalue weighted by Crippen LogP contribution is 2.54. The van der Waals surface area contributed by atoms with E-state index >= 15 is 0 Å². The quantitative estimate of drug-likeness (QED) is 0.286. The van der Waals surface area contributed by atoms with E-state index in [2.05, 4.69) is 0 Å². The van der Waals surface area contributed by atoms with E-state index in [1.54, 1.807) is 0 Å². The third kappa shape index (κ3) is 4.76. The van der Waals surface area contributed by atoms with Crippen LogP contribution in [0.3, 0.4) is 0 Å². The highest BCUT2D eigenvalue weighted by Gasteiger charge is 2.73. The van der Waals surface area contributed by atoms with E-state index in [-0.39, 0.29) is 12.1 Å². The summed E-state index contributed by atoms with van der Waals surface area (Å²) in [5.74, 6) is 0. The monoisotopic (exact) mass is 592 g/mol. The molecular weight excluding hydrogens is 576 g/mol. The first-order chi connectivity index (χ1) is 16.7. The average Bonchev–Trinajstić information content (AvgIpc) is 2.69. The van der Waals surface area contributed by atoms with Crippen LogP contribution in [0.2, 0.25) is 0 Å². The Morgan fingerprint density at radius 3 is 1.03 bits per heavy atom. The number of benzene rings is 2. The lowest BCUT2D eigenvalue weighted by molar-refractivity contribution is -0.376. The van der Waals surface area contributed by atoms with E-state index in [0.29, 0.717) is 12.1 Å². The number of alkyl halides is 12. The van der Waals surface area contributed by atoms with E-state index in [9.17, 15) is 67.1 Å². The fourth-order valence-electron chi connectivity index (χ4n) is 3.50. The Morgan fingerprint density at radius 2 is 0.816 bits per heavy atom. The zero-order valence-electron chi connectivity index (χ0n) is 18.7. The van der Waals surface area contributed by atoms with Gasteiger partial charge in [-0.25, -0.2) is 4.21 Å². The first-order valence-corrected chi connectivity index (χ1v) is 10.8. The van der Waals surface area contributed by atoms with Crippen molar-refractivity contribution in [2.24, 2.45) is 0 Å². The summed E-state index contributed by atoms with van der Waals surface area (Å²) in [5, 5.41) is 19.4. The van der Waals surface area contributed by atoms with Gasteiger partial charge in [-0.2, -0.15) is 52.7 Å². The van der Waals surface area contributed by atoms with Gasteiger partial charge in [0.25, 0.3) is 11.2 Å². The van der Waals surface area contributed by atoms with Gasteiger partial charge in [-0.1, -0.05) is 0 Å². The molecule has 0 aliphatic carbocycles. The van der Waals surface area contributed by atoms with Crippen LogP contribution in [0.4, 0.5) is 64.1 Å². The molecule has 214 valence electrons. The van der Waals surface area contributed by atoms with Crippen LogP contribution in [0.1, 0.15) is 22.3 Å². The minimum atomic E-state index is -6.42. The molecule has 0 amide bonds. The first-order valence-electron chi connectivity index (χ1n) is 9.68. The number of nitrogen functional groups attached to an aromatic ring is 2. The lowest BCUT2D eigenvalue weighted by atomic mass is 9.90. The van der Waals surface area contributed by atoms with Crippen molar-refractivity contribution in [3.05, 3.63) is 46.5 Å². The SMILES string of the molecule is Cc1cc(N)c(C(O)(C(F)(F)F)C(F)(F)F)cc1S(=O)c1cc(C(O)(C(F)(F)F)C(F)(F)F)c(N)cc1C. The third-order valence-electron chi connectivity index (χ3n) is 5.51. The van der Waals surface area contributed by atoms with Crippen LogP contribution >= 0.6 is 0 Å². The maximum Gasteiger partial charge on any atom is 0.430 e. The second-order valence-corrected chi connectivity index (χ2v) is 9.51. The molecule has 0 aromatic heterocycles. The summed E-state index contributed by atoms with van der Waals surface area (Å²) in [7, 11) is -3.09. The summed E-state index contributed by atoms with van der Waals surface area (Å²) in [6.45, 7) is 1.92. The van der Waals surface area contributed by atoms with Crippen LogP contribution in [0, 0.1) is 13.8 Å². The average molecular weight is 592 g/mol. The molecule has 0 bridgehead atoms. The van der Waals surface area contributed by atoms with Crippen LogP contribution in [-0.4, -0.2) is 39.1 Å².